The first-order chi connectivity index (χ1) is 10.5. The van der Waals surface area contributed by atoms with Crippen LogP contribution in [0.5, 0.6) is 0 Å². The number of nitrogens with one attached hydrogen (secondary N) is 2. The third kappa shape index (κ3) is 3.72. The summed E-state index contributed by atoms with van der Waals surface area (Å²) >= 11 is 0. The van der Waals surface area contributed by atoms with Gasteiger partial charge in [-0.3, -0.25) is 5.32 Å². The van der Waals surface area contributed by atoms with Crippen molar-refractivity contribution in [1.29, 1.82) is 0 Å². The van der Waals surface area contributed by atoms with Crippen LogP contribution in [0.15, 0.2) is 16.8 Å². The predicted octanol–water partition coefficient (Wildman–Crippen LogP) is 1.72. The van der Waals surface area contributed by atoms with E-state index in [2.05, 4.69) is 25.8 Å². The summed E-state index contributed by atoms with van der Waals surface area (Å²) in [4.78, 5) is 22.0. The van der Waals surface area contributed by atoms with Crippen LogP contribution in [0.4, 0.5) is 16.6 Å². The molecule has 0 atom stereocenters. The van der Waals surface area contributed by atoms with Crippen molar-refractivity contribution in [3.63, 3.8) is 0 Å². The molecule has 0 spiro atoms. The molecule has 8 nitrogen and oxygen atoms in total. The van der Waals surface area contributed by atoms with Gasteiger partial charge in [0.2, 0.25) is 5.95 Å². The number of rotatable bonds is 5. The summed E-state index contributed by atoms with van der Waals surface area (Å²) in [6, 6.07) is 1.38. The minimum atomic E-state index is -0.376. The van der Waals surface area contributed by atoms with Crippen LogP contribution < -0.4 is 15.5 Å². The Bertz CT molecular complexity index is 653. The fraction of sp³-hybridized carbons (Fsp3) is 0.429. The van der Waals surface area contributed by atoms with Crippen molar-refractivity contribution in [1.82, 2.24) is 20.4 Å². The van der Waals surface area contributed by atoms with Gasteiger partial charge in [-0.05, 0) is 13.0 Å². The number of aryl methyl sites for hydroxylation is 2. The van der Waals surface area contributed by atoms with Gasteiger partial charge in [0.1, 0.15) is 11.6 Å². The summed E-state index contributed by atoms with van der Waals surface area (Å²) in [7, 11) is 3.74. The molecule has 2 aromatic heterocycles. The van der Waals surface area contributed by atoms with Crippen LogP contribution in [0.25, 0.3) is 0 Å². The molecule has 2 N–H and O–H groups in total. The van der Waals surface area contributed by atoms with Crippen molar-refractivity contribution in [2.75, 3.05) is 24.3 Å². The molecule has 0 radical (unpaired) electrons. The number of aromatic nitrogens is 3. The van der Waals surface area contributed by atoms with Crippen molar-refractivity contribution in [2.45, 2.75) is 26.8 Å². The maximum absolute atomic E-state index is 11.9. The summed E-state index contributed by atoms with van der Waals surface area (Å²) in [6.45, 7) is 4.17. The quantitative estimate of drug-likeness (QED) is 0.873. The van der Waals surface area contributed by atoms with Crippen molar-refractivity contribution in [3.8, 4) is 0 Å². The second-order valence-corrected chi connectivity index (χ2v) is 4.96. The molecule has 0 saturated carbocycles. The zero-order valence-electron chi connectivity index (χ0n) is 13.2. The molecule has 118 valence electrons. The molecular formula is C14H20N6O2. The van der Waals surface area contributed by atoms with Gasteiger partial charge in [-0.1, -0.05) is 12.1 Å². The molecule has 0 fully saturated rings. The lowest BCUT2D eigenvalue weighted by atomic mass is 10.1. The van der Waals surface area contributed by atoms with E-state index in [4.69, 9.17) is 4.52 Å². The summed E-state index contributed by atoms with van der Waals surface area (Å²) in [5.74, 6) is 1.75. The van der Waals surface area contributed by atoms with Gasteiger partial charge in [-0.15, -0.1) is 0 Å². The van der Waals surface area contributed by atoms with Crippen LogP contribution in [-0.2, 0) is 13.0 Å². The second kappa shape index (κ2) is 6.88. The first kappa shape index (κ1) is 15.7. The van der Waals surface area contributed by atoms with Crippen LogP contribution in [-0.4, -0.2) is 35.3 Å². The second-order valence-electron chi connectivity index (χ2n) is 4.96. The smallest absolute Gasteiger partial charge is 0.321 e. The highest BCUT2D eigenvalue weighted by atomic mass is 16.5. The van der Waals surface area contributed by atoms with Crippen LogP contribution >= 0.6 is 0 Å². The average Bonchev–Trinajstić information content (AvgIpc) is 2.85. The lowest BCUT2D eigenvalue weighted by molar-refractivity contribution is 0.251. The molecule has 0 aromatic carbocycles. The number of carbonyl (C=O) groups is 1. The molecule has 0 aliphatic carbocycles. The van der Waals surface area contributed by atoms with E-state index < -0.39 is 0 Å². The first-order valence-electron chi connectivity index (χ1n) is 7.00. The monoisotopic (exact) mass is 304 g/mol. The van der Waals surface area contributed by atoms with Crippen LogP contribution in [0.2, 0.25) is 0 Å². The molecule has 2 heterocycles. The van der Waals surface area contributed by atoms with E-state index in [1.807, 2.05) is 32.8 Å². The molecule has 22 heavy (non-hydrogen) atoms. The highest BCUT2D eigenvalue weighted by Crippen LogP contribution is 2.14. The van der Waals surface area contributed by atoms with E-state index in [1.165, 1.54) is 0 Å². The lowest BCUT2D eigenvalue weighted by Gasteiger charge is -2.12. The Morgan fingerprint density at radius 2 is 2.18 bits per heavy atom. The van der Waals surface area contributed by atoms with E-state index in [0.717, 1.165) is 23.4 Å². The number of nitrogens with zero attached hydrogens (tertiary/aromatic N) is 4. The van der Waals surface area contributed by atoms with E-state index in [-0.39, 0.29) is 12.0 Å². The third-order valence-electron chi connectivity index (χ3n) is 3.14. The Morgan fingerprint density at radius 3 is 2.86 bits per heavy atom. The highest BCUT2D eigenvalue weighted by molar-refractivity contribution is 5.87. The SMILES string of the molecule is CCc1onc(C)c1CNC(=O)Nc1nccc(N(C)C)n1. The summed E-state index contributed by atoms with van der Waals surface area (Å²) in [5, 5.41) is 9.26. The molecule has 0 unspecified atom stereocenters. The van der Waals surface area contributed by atoms with E-state index >= 15 is 0 Å². The van der Waals surface area contributed by atoms with Gasteiger partial charge in [-0.2, -0.15) is 4.98 Å². The fourth-order valence-corrected chi connectivity index (χ4v) is 1.91. The summed E-state index contributed by atoms with van der Waals surface area (Å²) < 4.78 is 5.19. The van der Waals surface area contributed by atoms with Gasteiger partial charge in [0, 0.05) is 38.8 Å². The Kier molecular flexibility index (Phi) is 4.92. The standard InChI is InChI=1S/C14H20N6O2/c1-5-11-10(9(2)19-22-11)8-16-14(21)18-13-15-7-6-12(17-13)20(3)4/h6-7H,5,8H2,1-4H3,(H2,15,16,17,18,21). The van der Waals surface area contributed by atoms with Crippen LogP contribution in [0.1, 0.15) is 23.9 Å². The van der Waals surface area contributed by atoms with Gasteiger partial charge < -0.3 is 14.7 Å². The normalized spacial score (nSPS) is 10.4. The number of amides is 2. The number of hydrogen-bond donors (Lipinski definition) is 2. The Morgan fingerprint density at radius 1 is 1.41 bits per heavy atom. The van der Waals surface area contributed by atoms with Crippen molar-refractivity contribution in [2.24, 2.45) is 0 Å². The molecule has 0 saturated heterocycles. The lowest BCUT2D eigenvalue weighted by Crippen LogP contribution is -2.29. The zero-order valence-corrected chi connectivity index (χ0v) is 13.2. The molecule has 2 amide bonds. The van der Waals surface area contributed by atoms with Gasteiger partial charge in [0.25, 0.3) is 0 Å². The fourth-order valence-electron chi connectivity index (χ4n) is 1.91. The topological polar surface area (TPSA) is 96.2 Å². The number of anilines is 2. The molecule has 0 aliphatic rings. The minimum absolute atomic E-state index is 0.251. The van der Waals surface area contributed by atoms with E-state index in [1.54, 1.807) is 12.3 Å². The van der Waals surface area contributed by atoms with Gasteiger partial charge >= 0.3 is 6.03 Å². The van der Waals surface area contributed by atoms with E-state index in [0.29, 0.717) is 12.4 Å². The Labute approximate surface area is 128 Å². The largest absolute Gasteiger partial charge is 0.363 e. The molecule has 0 bridgehead atoms. The van der Waals surface area contributed by atoms with Crippen molar-refractivity contribution < 1.29 is 9.32 Å². The molecule has 2 aromatic rings. The molecule has 2 rings (SSSR count). The van der Waals surface area contributed by atoms with Crippen LogP contribution in [0.3, 0.4) is 0 Å². The number of carbonyl (C=O) groups excluding carboxylic acids is 1. The molecular weight excluding hydrogens is 284 g/mol. The number of hydrogen-bond acceptors (Lipinski definition) is 6. The van der Waals surface area contributed by atoms with Crippen molar-refractivity contribution in [3.05, 3.63) is 29.3 Å². The first-order valence-corrected chi connectivity index (χ1v) is 7.00. The zero-order chi connectivity index (χ0) is 16.1. The Hall–Kier alpha value is -2.64. The van der Waals surface area contributed by atoms with Gasteiger partial charge in [0.15, 0.2) is 0 Å². The van der Waals surface area contributed by atoms with Crippen LogP contribution in [0, 0.1) is 6.92 Å². The molecule has 0 aliphatic heterocycles. The van der Waals surface area contributed by atoms with Gasteiger partial charge in [0.05, 0.1) is 5.69 Å². The summed E-state index contributed by atoms with van der Waals surface area (Å²) in [6.07, 6.45) is 2.32. The third-order valence-corrected chi connectivity index (χ3v) is 3.14. The summed E-state index contributed by atoms with van der Waals surface area (Å²) in [5.41, 5.74) is 1.68. The Balaban J connectivity index is 1.96. The minimum Gasteiger partial charge on any atom is -0.363 e. The predicted molar refractivity (Wildman–Crippen MR) is 82.8 cm³/mol. The maximum Gasteiger partial charge on any atom is 0.321 e. The average molecular weight is 304 g/mol. The van der Waals surface area contributed by atoms with Crippen molar-refractivity contribution >= 4 is 17.8 Å². The highest BCUT2D eigenvalue weighted by Gasteiger charge is 2.13. The maximum atomic E-state index is 11.9. The molecule has 8 heteroatoms. The van der Waals surface area contributed by atoms with E-state index in [9.17, 15) is 4.79 Å². The number of urea groups is 1. The van der Waals surface area contributed by atoms with Gasteiger partial charge in [-0.25, -0.2) is 9.78 Å².